The van der Waals surface area contributed by atoms with Crippen LogP contribution in [0, 0.1) is 18.3 Å². The van der Waals surface area contributed by atoms with Gasteiger partial charge in [0.1, 0.15) is 17.5 Å². The highest BCUT2D eigenvalue weighted by atomic mass is 14.9. The molecule has 0 saturated carbocycles. The van der Waals surface area contributed by atoms with Gasteiger partial charge in [0.15, 0.2) is 0 Å². The standard InChI is InChI=1S/C16H19N3/c1-10-5-7-11(8-6-10)13-12(9-17)15(18)19-14(13)16(2,3)4/h5-8,19H,18H2,1-4H3. The molecule has 1 aromatic carbocycles. The predicted octanol–water partition coefficient (Wildman–Crippen LogP) is 3.74. The topological polar surface area (TPSA) is 65.6 Å². The summed E-state index contributed by atoms with van der Waals surface area (Å²) in [7, 11) is 0. The second-order valence-corrected chi connectivity index (χ2v) is 5.89. The van der Waals surface area contributed by atoms with Crippen molar-refractivity contribution in [3.63, 3.8) is 0 Å². The van der Waals surface area contributed by atoms with Gasteiger partial charge in [-0.3, -0.25) is 0 Å². The monoisotopic (exact) mass is 253 g/mol. The zero-order chi connectivity index (χ0) is 14.2. The molecule has 1 aromatic heterocycles. The number of aromatic nitrogens is 1. The number of H-pyrrole nitrogens is 1. The number of aryl methyl sites for hydroxylation is 1. The Bertz CT molecular complexity index is 634. The molecule has 0 saturated heterocycles. The van der Waals surface area contributed by atoms with Crippen LogP contribution in [0.15, 0.2) is 24.3 Å². The van der Waals surface area contributed by atoms with Crippen LogP contribution in [0.4, 0.5) is 5.82 Å². The fraction of sp³-hybridized carbons (Fsp3) is 0.312. The first-order valence-corrected chi connectivity index (χ1v) is 6.33. The third kappa shape index (κ3) is 2.34. The van der Waals surface area contributed by atoms with E-state index in [1.54, 1.807) is 0 Å². The summed E-state index contributed by atoms with van der Waals surface area (Å²) in [5.41, 5.74) is 10.5. The van der Waals surface area contributed by atoms with E-state index in [2.05, 4.69) is 31.8 Å². The first kappa shape index (κ1) is 13.2. The molecule has 3 nitrogen and oxygen atoms in total. The molecular formula is C16H19N3. The number of anilines is 1. The van der Waals surface area contributed by atoms with E-state index in [1.165, 1.54) is 5.56 Å². The molecule has 0 spiro atoms. The predicted molar refractivity (Wildman–Crippen MR) is 78.8 cm³/mol. The van der Waals surface area contributed by atoms with E-state index in [4.69, 9.17) is 5.73 Å². The van der Waals surface area contributed by atoms with Gasteiger partial charge in [-0.2, -0.15) is 5.26 Å². The van der Waals surface area contributed by atoms with Crippen molar-refractivity contribution in [1.82, 2.24) is 4.98 Å². The number of nitriles is 1. The quantitative estimate of drug-likeness (QED) is 0.813. The van der Waals surface area contributed by atoms with Crippen LogP contribution in [0.5, 0.6) is 0 Å². The highest BCUT2D eigenvalue weighted by Gasteiger charge is 2.25. The average Bonchev–Trinajstić information content (AvgIpc) is 2.67. The minimum Gasteiger partial charge on any atom is -0.384 e. The van der Waals surface area contributed by atoms with Gasteiger partial charge in [0.25, 0.3) is 0 Å². The molecule has 0 aliphatic rings. The second kappa shape index (κ2) is 4.47. The number of rotatable bonds is 1. The lowest BCUT2D eigenvalue weighted by Gasteiger charge is -2.19. The Balaban J connectivity index is 2.74. The summed E-state index contributed by atoms with van der Waals surface area (Å²) < 4.78 is 0. The SMILES string of the molecule is Cc1ccc(-c2c(C(C)(C)C)[nH]c(N)c2C#N)cc1. The Kier molecular flexibility index (Phi) is 3.11. The van der Waals surface area contributed by atoms with E-state index in [0.717, 1.165) is 16.8 Å². The van der Waals surface area contributed by atoms with E-state index in [9.17, 15) is 5.26 Å². The minimum atomic E-state index is -0.0938. The van der Waals surface area contributed by atoms with Crippen molar-refractivity contribution >= 4 is 5.82 Å². The lowest BCUT2D eigenvalue weighted by Crippen LogP contribution is -2.13. The molecule has 98 valence electrons. The smallest absolute Gasteiger partial charge is 0.119 e. The second-order valence-electron chi connectivity index (χ2n) is 5.89. The van der Waals surface area contributed by atoms with E-state index in [1.807, 2.05) is 31.2 Å². The van der Waals surface area contributed by atoms with Crippen molar-refractivity contribution in [2.45, 2.75) is 33.1 Å². The highest BCUT2D eigenvalue weighted by molar-refractivity contribution is 5.80. The highest BCUT2D eigenvalue weighted by Crippen LogP contribution is 2.37. The van der Waals surface area contributed by atoms with Gasteiger partial charge < -0.3 is 10.7 Å². The first-order valence-electron chi connectivity index (χ1n) is 6.33. The van der Waals surface area contributed by atoms with E-state index >= 15 is 0 Å². The van der Waals surface area contributed by atoms with Crippen molar-refractivity contribution < 1.29 is 0 Å². The molecule has 0 aliphatic heterocycles. The number of aromatic amines is 1. The molecule has 1 heterocycles. The summed E-state index contributed by atoms with van der Waals surface area (Å²) in [4.78, 5) is 3.17. The molecule has 0 amide bonds. The normalized spacial score (nSPS) is 11.3. The number of hydrogen-bond donors (Lipinski definition) is 2. The molecule has 3 heteroatoms. The van der Waals surface area contributed by atoms with Crippen LogP contribution in [-0.2, 0) is 5.41 Å². The van der Waals surface area contributed by atoms with E-state index < -0.39 is 0 Å². The van der Waals surface area contributed by atoms with Gasteiger partial charge in [-0.25, -0.2) is 0 Å². The van der Waals surface area contributed by atoms with Gasteiger partial charge in [-0.05, 0) is 12.5 Å². The third-order valence-corrected chi connectivity index (χ3v) is 3.23. The van der Waals surface area contributed by atoms with E-state index in [0.29, 0.717) is 11.4 Å². The molecule has 2 aromatic rings. The maximum absolute atomic E-state index is 9.34. The summed E-state index contributed by atoms with van der Waals surface area (Å²) in [6, 6.07) is 10.4. The van der Waals surface area contributed by atoms with Crippen LogP contribution in [0.25, 0.3) is 11.1 Å². The van der Waals surface area contributed by atoms with Gasteiger partial charge in [0.05, 0.1) is 0 Å². The Morgan fingerprint density at radius 1 is 1.16 bits per heavy atom. The fourth-order valence-corrected chi connectivity index (χ4v) is 2.21. The van der Waals surface area contributed by atoms with Crippen molar-refractivity contribution in [3.8, 4) is 17.2 Å². The molecular weight excluding hydrogens is 234 g/mol. The van der Waals surface area contributed by atoms with Crippen LogP contribution in [0.2, 0.25) is 0 Å². The molecule has 0 bridgehead atoms. The Labute approximate surface area is 114 Å². The molecule has 2 rings (SSSR count). The molecule has 0 atom stereocenters. The molecule has 3 N–H and O–H groups in total. The largest absolute Gasteiger partial charge is 0.384 e. The van der Waals surface area contributed by atoms with Gasteiger partial charge in [-0.1, -0.05) is 50.6 Å². The summed E-state index contributed by atoms with van der Waals surface area (Å²) in [5, 5.41) is 9.34. The number of nitrogens with zero attached hydrogens (tertiary/aromatic N) is 1. The summed E-state index contributed by atoms with van der Waals surface area (Å²) >= 11 is 0. The van der Waals surface area contributed by atoms with Gasteiger partial charge in [-0.15, -0.1) is 0 Å². The number of nitrogen functional groups attached to an aromatic ring is 1. The first-order chi connectivity index (χ1) is 8.84. The Morgan fingerprint density at radius 3 is 2.21 bits per heavy atom. The number of nitrogens with two attached hydrogens (primary N) is 1. The van der Waals surface area contributed by atoms with Crippen LogP contribution in [-0.4, -0.2) is 4.98 Å². The number of hydrogen-bond acceptors (Lipinski definition) is 2. The lowest BCUT2D eigenvalue weighted by molar-refractivity contribution is 0.575. The van der Waals surface area contributed by atoms with Crippen molar-refractivity contribution in [3.05, 3.63) is 41.1 Å². The van der Waals surface area contributed by atoms with Crippen LogP contribution in [0.1, 0.15) is 37.6 Å². The van der Waals surface area contributed by atoms with Gasteiger partial charge in [0, 0.05) is 16.7 Å². The van der Waals surface area contributed by atoms with Crippen molar-refractivity contribution in [2.75, 3.05) is 5.73 Å². The van der Waals surface area contributed by atoms with Crippen LogP contribution < -0.4 is 5.73 Å². The molecule has 19 heavy (non-hydrogen) atoms. The number of nitrogens with one attached hydrogen (secondary N) is 1. The Hall–Kier alpha value is -2.21. The third-order valence-electron chi connectivity index (χ3n) is 3.23. The summed E-state index contributed by atoms with van der Waals surface area (Å²) in [6.45, 7) is 8.37. The fourth-order valence-electron chi connectivity index (χ4n) is 2.21. The maximum Gasteiger partial charge on any atom is 0.119 e. The average molecular weight is 253 g/mol. The zero-order valence-corrected chi connectivity index (χ0v) is 11.8. The number of benzene rings is 1. The Morgan fingerprint density at radius 2 is 1.74 bits per heavy atom. The lowest BCUT2D eigenvalue weighted by atomic mass is 9.86. The molecule has 0 unspecified atom stereocenters. The summed E-state index contributed by atoms with van der Waals surface area (Å²) in [5.74, 6) is 0.447. The zero-order valence-electron chi connectivity index (χ0n) is 11.8. The van der Waals surface area contributed by atoms with Gasteiger partial charge >= 0.3 is 0 Å². The molecule has 0 fully saturated rings. The molecule has 0 radical (unpaired) electrons. The maximum atomic E-state index is 9.34. The van der Waals surface area contributed by atoms with Crippen molar-refractivity contribution in [1.29, 1.82) is 5.26 Å². The van der Waals surface area contributed by atoms with Gasteiger partial charge in [0.2, 0.25) is 0 Å². The minimum absolute atomic E-state index is 0.0938. The van der Waals surface area contributed by atoms with Crippen molar-refractivity contribution in [2.24, 2.45) is 0 Å². The molecule has 0 aliphatic carbocycles. The van der Waals surface area contributed by atoms with E-state index in [-0.39, 0.29) is 5.41 Å². The van der Waals surface area contributed by atoms with Crippen LogP contribution in [0.3, 0.4) is 0 Å². The van der Waals surface area contributed by atoms with Crippen LogP contribution >= 0.6 is 0 Å². The summed E-state index contributed by atoms with van der Waals surface area (Å²) in [6.07, 6.45) is 0.